The molecule has 3 aromatic carbocycles. The Kier molecular flexibility index (Phi) is 7.44. The van der Waals surface area contributed by atoms with Gasteiger partial charge in [-0.25, -0.2) is 9.79 Å². The summed E-state index contributed by atoms with van der Waals surface area (Å²) in [6.45, 7) is 0.420. The topological polar surface area (TPSA) is 91.0 Å². The maximum absolute atomic E-state index is 12.3. The molecule has 0 aromatic heterocycles. The van der Waals surface area contributed by atoms with Crippen molar-refractivity contribution in [2.75, 3.05) is 0 Å². The van der Waals surface area contributed by atoms with Crippen molar-refractivity contribution in [3.8, 4) is 5.75 Å². The molecule has 0 N–H and O–H groups in total. The smallest absolute Gasteiger partial charge is 0.363 e. The van der Waals surface area contributed by atoms with Gasteiger partial charge in [-0.1, -0.05) is 34.1 Å². The molecule has 0 aliphatic carbocycles. The number of ether oxygens (including phenoxy) is 2. The van der Waals surface area contributed by atoms with Crippen LogP contribution in [-0.2, 0) is 16.1 Å². The molecule has 1 aliphatic rings. The van der Waals surface area contributed by atoms with Crippen LogP contribution in [0.5, 0.6) is 5.75 Å². The number of nitrogens with zero attached hydrogens (tertiary/aromatic N) is 2. The molecule has 0 atom stereocenters. The zero-order valence-electron chi connectivity index (χ0n) is 16.6. The lowest BCUT2D eigenvalue weighted by Gasteiger charge is -2.12. The minimum absolute atomic E-state index is 0.0504. The summed E-state index contributed by atoms with van der Waals surface area (Å²) in [7, 11) is 0. The Bertz CT molecular complexity index is 1300. The van der Waals surface area contributed by atoms with E-state index in [1.54, 1.807) is 6.08 Å². The number of carbonyl (C=O) groups is 1. The number of esters is 1. The number of benzene rings is 3. The first-order valence-electron chi connectivity index (χ1n) is 9.44. The van der Waals surface area contributed by atoms with Crippen molar-refractivity contribution in [2.24, 2.45) is 4.99 Å². The van der Waals surface area contributed by atoms with Crippen molar-refractivity contribution in [3.05, 3.63) is 105 Å². The highest BCUT2D eigenvalue weighted by molar-refractivity contribution is 14.1. The van der Waals surface area contributed by atoms with Crippen molar-refractivity contribution in [2.45, 2.75) is 6.61 Å². The third-order valence-corrected chi connectivity index (χ3v) is 6.98. The van der Waals surface area contributed by atoms with Crippen LogP contribution in [0.15, 0.2) is 75.8 Å². The summed E-state index contributed by atoms with van der Waals surface area (Å²) in [4.78, 5) is 26.9. The number of carbonyl (C=O) groups excluding carboxylic acids is 1. The van der Waals surface area contributed by atoms with Gasteiger partial charge in [0.2, 0.25) is 5.90 Å². The van der Waals surface area contributed by atoms with Crippen molar-refractivity contribution < 1.29 is 19.2 Å². The van der Waals surface area contributed by atoms with E-state index < -0.39 is 10.9 Å². The van der Waals surface area contributed by atoms with Crippen molar-refractivity contribution in [1.29, 1.82) is 0 Å². The lowest BCUT2D eigenvalue weighted by atomic mass is 10.2. The average molecular weight is 731 g/mol. The van der Waals surface area contributed by atoms with E-state index in [4.69, 9.17) is 9.47 Å². The van der Waals surface area contributed by atoms with Crippen molar-refractivity contribution in [1.82, 2.24) is 0 Å². The Labute approximate surface area is 224 Å². The number of aliphatic imine (C=N–C) groups is 1. The van der Waals surface area contributed by atoms with Gasteiger partial charge >= 0.3 is 5.97 Å². The quantitative estimate of drug-likeness (QED) is 0.0952. The third kappa shape index (κ3) is 5.61. The maximum atomic E-state index is 12.3. The molecule has 0 amide bonds. The largest absolute Gasteiger partial charge is 0.487 e. The number of nitro groups is 1. The first kappa shape index (κ1) is 23.8. The fraction of sp³-hybridized carbons (Fsp3) is 0.0435. The average Bonchev–Trinajstić information content (AvgIpc) is 3.14. The van der Waals surface area contributed by atoms with E-state index in [9.17, 15) is 14.9 Å². The minimum atomic E-state index is -0.581. The van der Waals surface area contributed by atoms with Gasteiger partial charge in [0.15, 0.2) is 5.70 Å². The molecular weight excluding hydrogens is 718 g/mol. The Morgan fingerprint density at radius 3 is 2.39 bits per heavy atom. The normalized spacial score (nSPS) is 14.2. The molecule has 0 saturated carbocycles. The van der Waals surface area contributed by atoms with Crippen LogP contribution in [0.1, 0.15) is 16.7 Å². The number of hydrogen-bond acceptors (Lipinski definition) is 6. The molecule has 0 radical (unpaired) electrons. The molecule has 10 heteroatoms. The lowest BCUT2D eigenvalue weighted by Crippen LogP contribution is -2.05. The Balaban J connectivity index is 1.55. The summed E-state index contributed by atoms with van der Waals surface area (Å²) in [5.74, 6) is 0.291. The van der Waals surface area contributed by atoms with Crippen LogP contribution in [0, 0.1) is 17.3 Å². The zero-order valence-corrected chi connectivity index (χ0v) is 22.5. The van der Waals surface area contributed by atoms with Crippen LogP contribution in [0.4, 0.5) is 5.69 Å². The van der Waals surface area contributed by atoms with E-state index in [-0.39, 0.29) is 17.3 Å². The van der Waals surface area contributed by atoms with Crippen molar-refractivity contribution >= 4 is 84.7 Å². The Hall–Kier alpha value is -2.32. The summed E-state index contributed by atoms with van der Waals surface area (Å²) in [5, 5.41) is 10.8. The number of cyclic esters (lactones) is 1. The molecule has 0 fully saturated rings. The summed E-state index contributed by atoms with van der Waals surface area (Å²) >= 11 is 7.92. The first-order chi connectivity index (χ1) is 15.8. The molecular formula is C23H13BrI2N2O5. The molecule has 0 saturated heterocycles. The predicted molar refractivity (Wildman–Crippen MR) is 144 cm³/mol. The summed E-state index contributed by atoms with van der Waals surface area (Å²) < 4.78 is 14.1. The zero-order chi connectivity index (χ0) is 23.5. The fourth-order valence-corrected chi connectivity index (χ4v) is 5.51. The second-order valence-corrected chi connectivity index (χ2v) is 10.0. The third-order valence-electron chi connectivity index (χ3n) is 4.60. The molecule has 0 bridgehead atoms. The van der Waals surface area contributed by atoms with Gasteiger partial charge in [0.1, 0.15) is 12.4 Å². The molecule has 166 valence electrons. The molecule has 4 rings (SSSR count). The van der Waals surface area contributed by atoms with Crippen molar-refractivity contribution in [3.63, 3.8) is 0 Å². The number of hydrogen-bond donors (Lipinski definition) is 0. The number of halogens is 3. The minimum Gasteiger partial charge on any atom is -0.487 e. The lowest BCUT2D eigenvalue weighted by molar-refractivity contribution is -0.384. The molecule has 7 nitrogen and oxygen atoms in total. The monoisotopic (exact) mass is 730 g/mol. The number of non-ortho nitro benzene ring substituents is 1. The second-order valence-electron chi connectivity index (χ2n) is 6.83. The summed E-state index contributed by atoms with van der Waals surface area (Å²) in [5.41, 5.74) is 2.40. The van der Waals surface area contributed by atoms with E-state index in [1.807, 2.05) is 36.4 Å². The van der Waals surface area contributed by atoms with E-state index in [0.29, 0.717) is 12.2 Å². The van der Waals surface area contributed by atoms with Gasteiger partial charge in [-0.3, -0.25) is 10.1 Å². The van der Waals surface area contributed by atoms with Gasteiger partial charge < -0.3 is 9.47 Å². The van der Waals surface area contributed by atoms with Gasteiger partial charge in [0.25, 0.3) is 5.69 Å². The van der Waals surface area contributed by atoms with E-state index in [0.717, 1.165) is 28.5 Å². The molecule has 0 spiro atoms. The molecule has 0 unspecified atom stereocenters. The Morgan fingerprint density at radius 1 is 1.09 bits per heavy atom. The van der Waals surface area contributed by atoms with Crippen LogP contribution >= 0.6 is 61.1 Å². The van der Waals surface area contributed by atoms with E-state index in [2.05, 4.69) is 66.1 Å². The van der Waals surface area contributed by atoms with Gasteiger partial charge in [0.05, 0.1) is 12.1 Å². The van der Waals surface area contributed by atoms with Crippen LogP contribution in [-0.4, -0.2) is 16.8 Å². The highest BCUT2D eigenvalue weighted by Gasteiger charge is 2.25. The van der Waals surface area contributed by atoms with Gasteiger partial charge in [-0.05, 0) is 87.2 Å². The SMILES string of the molecule is O=C1OC(c2ccc([N+](=O)[O-])cc2)=N/C1=C/c1cc(I)c(OCc2ccccc2Br)c(I)c1. The van der Waals surface area contributed by atoms with E-state index >= 15 is 0 Å². The first-order valence-corrected chi connectivity index (χ1v) is 12.4. The highest BCUT2D eigenvalue weighted by Crippen LogP contribution is 2.32. The summed E-state index contributed by atoms with van der Waals surface area (Å²) in [6, 6.07) is 17.3. The van der Waals surface area contributed by atoms with Gasteiger partial charge in [-0.2, -0.15) is 0 Å². The molecule has 3 aromatic rings. The fourth-order valence-electron chi connectivity index (χ4n) is 2.98. The summed E-state index contributed by atoms with van der Waals surface area (Å²) in [6.07, 6.45) is 1.64. The van der Waals surface area contributed by atoms with Crippen LogP contribution < -0.4 is 4.74 Å². The Morgan fingerprint density at radius 2 is 1.76 bits per heavy atom. The number of rotatable bonds is 6. The van der Waals surface area contributed by atoms with Crippen LogP contribution in [0.3, 0.4) is 0 Å². The number of nitro benzene ring substituents is 1. The molecule has 1 heterocycles. The van der Waals surface area contributed by atoms with E-state index in [1.165, 1.54) is 24.3 Å². The molecule has 1 aliphatic heterocycles. The van der Waals surface area contributed by atoms with Crippen LogP contribution in [0.2, 0.25) is 0 Å². The highest BCUT2D eigenvalue weighted by atomic mass is 127. The van der Waals surface area contributed by atoms with Gasteiger partial charge in [-0.15, -0.1) is 0 Å². The van der Waals surface area contributed by atoms with Crippen LogP contribution in [0.25, 0.3) is 6.08 Å². The standard InChI is InChI=1S/C23H13BrI2N2O5/c24-17-4-2-1-3-15(17)12-32-21-18(25)9-13(10-19(21)26)11-20-23(29)33-22(27-20)14-5-7-16(8-6-14)28(30)31/h1-11H,12H2/b20-11+. The predicted octanol–water partition coefficient (Wildman–Crippen LogP) is 6.49. The maximum Gasteiger partial charge on any atom is 0.363 e. The van der Waals surface area contributed by atoms with Gasteiger partial charge in [0, 0.05) is 27.7 Å². The molecule has 33 heavy (non-hydrogen) atoms. The second kappa shape index (κ2) is 10.3.